The molecule has 1 N–H and O–H groups in total. The number of carbonyl (C=O) groups is 1. The second-order valence-electron chi connectivity index (χ2n) is 6.23. The van der Waals surface area contributed by atoms with E-state index in [2.05, 4.69) is 14.9 Å². The topological polar surface area (TPSA) is 81.1 Å². The number of fused-ring (bicyclic) bond motifs is 1. The maximum absolute atomic E-state index is 12.1. The Hall–Kier alpha value is -2.15. The van der Waals surface area contributed by atoms with Gasteiger partial charge in [-0.1, -0.05) is 12.1 Å². The fourth-order valence-corrected chi connectivity index (χ4v) is 3.19. The lowest BCUT2D eigenvalue weighted by atomic mass is 10.1. The summed E-state index contributed by atoms with van der Waals surface area (Å²) in [7, 11) is -3.41. The van der Waals surface area contributed by atoms with E-state index in [4.69, 9.17) is 0 Å². The molecule has 7 heteroatoms. The summed E-state index contributed by atoms with van der Waals surface area (Å²) >= 11 is 0. The van der Waals surface area contributed by atoms with Crippen LogP contribution in [0.3, 0.4) is 0 Å². The number of aryl methyl sites for hydroxylation is 2. The van der Waals surface area contributed by atoms with E-state index in [1.54, 1.807) is 6.07 Å². The van der Waals surface area contributed by atoms with Crippen molar-refractivity contribution >= 4 is 21.4 Å². The van der Waals surface area contributed by atoms with E-state index >= 15 is 0 Å². The van der Waals surface area contributed by atoms with Crippen LogP contribution in [-0.4, -0.2) is 35.4 Å². The van der Waals surface area contributed by atoms with Gasteiger partial charge in [0.2, 0.25) is 5.91 Å². The number of aromatic nitrogens is 2. The van der Waals surface area contributed by atoms with Crippen LogP contribution in [0.5, 0.6) is 0 Å². The molecule has 0 unspecified atom stereocenters. The molecule has 0 radical (unpaired) electrons. The molecule has 128 valence electrons. The van der Waals surface area contributed by atoms with Gasteiger partial charge >= 0.3 is 0 Å². The van der Waals surface area contributed by atoms with Crippen LogP contribution >= 0.6 is 0 Å². The lowest BCUT2D eigenvalue weighted by Gasteiger charge is -2.11. The summed E-state index contributed by atoms with van der Waals surface area (Å²) in [5.41, 5.74) is 2.35. The van der Waals surface area contributed by atoms with Gasteiger partial charge in [-0.15, -0.1) is 0 Å². The summed E-state index contributed by atoms with van der Waals surface area (Å²) in [6.07, 6.45) is 6.42. The van der Waals surface area contributed by atoms with E-state index in [9.17, 15) is 13.2 Å². The minimum Gasteiger partial charge on any atom is -0.334 e. The van der Waals surface area contributed by atoms with E-state index in [-0.39, 0.29) is 0 Å². The van der Waals surface area contributed by atoms with Crippen molar-refractivity contribution in [3.63, 3.8) is 0 Å². The maximum atomic E-state index is 12.1. The number of amides is 1. The van der Waals surface area contributed by atoms with E-state index < -0.39 is 21.0 Å². The van der Waals surface area contributed by atoms with Crippen LogP contribution in [0, 0.1) is 0 Å². The summed E-state index contributed by atoms with van der Waals surface area (Å²) < 4.78 is 25.2. The maximum Gasteiger partial charge on any atom is 0.242 e. The van der Waals surface area contributed by atoms with E-state index in [0.29, 0.717) is 5.69 Å². The average molecular weight is 347 g/mol. The van der Waals surface area contributed by atoms with Crippen molar-refractivity contribution in [1.29, 1.82) is 0 Å². The number of anilines is 1. The van der Waals surface area contributed by atoms with Crippen LogP contribution in [0.15, 0.2) is 30.5 Å². The summed E-state index contributed by atoms with van der Waals surface area (Å²) in [5.74, 6) is 0.565. The first-order valence-corrected chi connectivity index (χ1v) is 9.96. The van der Waals surface area contributed by atoms with Gasteiger partial charge in [0.15, 0.2) is 9.84 Å². The molecule has 1 atom stereocenters. The third kappa shape index (κ3) is 3.51. The predicted molar refractivity (Wildman–Crippen MR) is 93.5 cm³/mol. The normalized spacial score (nSPS) is 15.6. The Morgan fingerprint density at radius 1 is 1.33 bits per heavy atom. The minimum absolute atomic E-state index is 0.529. The van der Waals surface area contributed by atoms with Gasteiger partial charge < -0.3 is 9.88 Å². The van der Waals surface area contributed by atoms with Crippen molar-refractivity contribution in [2.75, 3.05) is 11.6 Å². The molecule has 2 aromatic rings. The Balaban J connectivity index is 1.82. The smallest absolute Gasteiger partial charge is 0.242 e. The number of benzene rings is 1. The molecule has 3 rings (SSSR count). The van der Waals surface area contributed by atoms with Gasteiger partial charge in [0.25, 0.3) is 0 Å². The average Bonchev–Trinajstić information content (AvgIpc) is 2.97. The largest absolute Gasteiger partial charge is 0.334 e. The quantitative estimate of drug-likeness (QED) is 0.920. The summed E-state index contributed by atoms with van der Waals surface area (Å²) in [5, 5.41) is 1.59. The molecular formula is C17H21N3O3S. The van der Waals surface area contributed by atoms with E-state index in [1.165, 1.54) is 13.3 Å². The fraction of sp³-hybridized carbons (Fsp3) is 0.412. The molecule has 1 aliphatic rings. The first-order valence-electron chi connectivity index (χ1n) is 8.01. The standard InChI is InChI=1S/C17H21N3O3S/c1-12(24(2,22)23)17(21)18-14-7-5-6-13(10-14)15-11-20-9-4-3-8-16(20)19-15/h5-7,10-12H,3-4,8-9H2,1-2H3,(H,18,21)/t12-/m0/s1. The van der Waals surface area contributed by atoms with Gasteiger partial charge in [-0.3, -0.25) is 4.79 Å². The van der Waals surface area contributed by atoms with E-state index in [1.807, 2.05) is 24.4 Å². The summed E-state index contributed by atoms with van der Waals surface area (Å²) in [6.45, 7) is 2.38. The molecule has 1 aromatic carbocycles. The van der Waals surface area contributed by atoms with Crippen molar-refractivity contribution in [2.24, 2.45) is 0 Å². The third-order valence-electron chi connectivity index (χ3n) is 4.35. The summed E-state index contributed by atoms with van der Waals surface area (Å²) in [4.78, 5) is 16.7. The van der Waals surface area contributed by atoms with Crippen molar-refractivity contribution in [2.45, 2.75) is 38.0 Å². The zero-order chi connectivity index (χ0) is 17.3. The number of rotatable bonds is 4. The van der Waals surface area contributed by atoms with Gasteiger partial charge in [-0.2, -0.15) is 0 Å². The Bertz CT molecular complexity index is 847. The summed E-state index contributed by atoms with van der Waals surface area (Å²) in [6, 6.07) is 7.33. The van der Waals surface area contributed by atoms with Gasteiger partial charge in [-0.25, -0.2) is 13.4 Å². The van der Waals surface area contributed by atoms with Gasteiger partial charge in [0.05, 0.1) is 5.69 Å². The first-order chi connectivity index (χ1) is 11.3. The molecule has 6 nitrogen and oxygen atoms in total. The molecular weight excluding hydrogens is 326 g/mol. The first kappa shape index (κ1) is 16.7. The second-order valence-corrected chi connectivity index (χ2v) is 8.60. The molecule has 0 spiro atoms. The van der Waals surface area contributed by atoms with Crippen molar-refractivity contribution < 1.29 is 13.2 Å². The van der Waals surface area contributed by atoms with Crippen molar-refractivity contribution in [3.8, 4) is 11.3 Å². The van der Waals surface area contributed by atoms with Crippen LogP contribution in [-0.2, 0) is 27.6 Å². The molecule has 0 saturated heterocycles. The molecule has 1 amide bonds. The highest BCUT2D eigenvalue weighted by atomic mass is 32.2. The molecule has 24 heavy (non-hydrogen) atoms. The predicted octanol–water partition coefficient (Wildman–Crippen LogP) is 2.26. The van der Waals surface area contributed by atoms with Gasteiger partial charge in [0, 0.05) is 36.7 Å². The van der Waals surface area contributed by atoms with Crippen LogP contribution < -0.4 is 5.32 Å². The number of carbonyl (C=O) groups excluding carboxylic acids is 1. The second kappa shape index (κ2) is 6.39. The van der Waals surface area contributed by atoms with Crippen LogP contribution in [0.25, 0.3) is 11.3 Å². The Kier molecular flexibility index (Phi) is 4.45. The zero-order valence-corrected chi connectivity index (χ0v) is 14.6. The molecule has 0 bridgehead atoms. The van der Waals surface area contributed by atoms with Crippen molar-refractivity contribution in [1.82, 2.24) is 9.55 Å². The number of hydrogen-bond acceptors (Lipinski definition) is 4. The lowest BCUT2D eigenvalue weighted by Crippen LogP contribution is -2.31. The monoisotopic (exact) mass is 347 g/mol. The molecule has 1 aliphatic heterocycles. The molecule has 0 fully saturated rings. The lowest BCUT2D eigenvalue weighted by molar-refractivity contribution is -0.115. The Morgan fingerprint density at radius 2 is 2.12 bits per heavy atom. The number of nitrogens with zero attached hydrogens (tertiary/aromatic N) is 2. The van der Waals surface area contributed by atoms with Crippen LogP contribution in [0.4, 0.5) is 5.69 Å². The SMILES string of the molecule is C[C@@H](C(=O)Nc1cccc(-c2cn3c(n2)CCCC3)c1)S(C)(=O)=O. The van der Waals surface area contributed by atoms with Crippen LogP contribution in [0.2, 0.25) is 0 Å². The molecule has 1 aromatic heterocycles. The molecule has 0 aliphatic carbocycles. The fourth-order valence-electron chi connectivity index (χ4n) is 2.75. The Labute approximate surface area is 141 Å². The molecule has 0 saturated carbocycles. The number of nitrogens with one attached hydrogen (secondary N) is 1. The minimum atomic E-state index is -3.41. The van der Waals surface area contributed by atoms with Crippen LogP contribution in [0.1, 0.15) is 25.6 Å². The highest BCUT2D eigenvalue weighted by Gasteiger charge is 2.23. The van der Waals surface area contributed by atoms with E-state index in [0.717, 1.165) is 42.7 Å². The van der Waals surface area contributed by atoms with Gasteiger partial charge in [0.1, 0.15) is 11.1 Å². The zero-order valence-electron chi connectivity index (χ0n) is 13.8. The van der Waals surface area contributed by atoms with Gasteiger partial charge in [-0.05, 0) is 31.9 Å². The number of hydrogen-bond donors (Lipinski definition) is 1. The number of sulfone groups is 1. The highest BCUT2D eigenvalue weighted by Crippen LogP contribution is 2.25. The number of imidazole rings is 1. The molecule has 2 heterocycles. The highest BCUT2D eigenvalue weighted by molar-refractivity contribution is 7.92. The van der Waals surface area contributed by atoms with Crippen molar-refractivity contribution in [3.05, 3.63) is 36.3 Å². The third-order valence-corrected chi connectivity index (χ3v) is 5.84. The Morgan fingerprint density at radius 3 is 2.83 bits per heavy atom.